The van der Waals surface area contributed by atoms with Crippen molar-refractivity contribution in [1.82, 2.24) is 15.0 Å². The molecule has 2 unspecified atom stereocenters. The molecule has 0 saturated carbocycles. The minimum Gasteiger partial charge on any atom is -0.315 e. The van der Waals surface area contributed by atoms with Crippen LogP contribution in [0.5, 0.6) is 0 Å². The Labute approximate surface area is 108 Å². The summed E-state index contributed by atoms with van der Waals surface area (Å²) in [7, 11) is -3.21. The number of hydrogen-bond acceptors (Lipinski definition) is 4. The third kappa shape index (κ3) is 3.76. The van der Waals surface area contributed by atoms with Gasteiger partial charge in [0.1, 0.15) is 0 Å². The maximum atomic E-state index is 12.0. The summed E-state index contributed by atoms with van der Waals surface area (Å²) in [5.74, 6) is 0.473. The van der Waals surface area contributed by atoms with Crippen molar-refractivity contribution in [2.75, 3.05) is 18.8 Å². The Morgan fingerprint density at radius 3 is 2.72 bits per heavy atom. The first kappa shape index (κ1) is 13.5. The molecular weight excluding hydrogens is 250 g/mol. The number of hydrogen-bond donors (Lipinski definition) is 2. The first-order valence-corrected chi connectivity index (χ1v) is 7.82. The van der Waals surface area contributed by atoms with Crippen LogP contribution in [0.3, 0.4) is 0 Å². The van der Waals surface area contributed by atoms with Crippen molar-refractivity contribution in [3.63, 3.8) is 0 Å². The maximum Gasteiger partial charge on any atom is 0.212 e. The van der Waals surface area contributed by atoms with E-state index >= 15 is 0 Å². The number of aromatic nitrogens is 1. The molecule has 2 rings (SSSR count). The number of rotatable bonds is 5. The topological polar surface area (TPSA) is 71.1 Å². The van der Waals surface area contributed by atoms with Gasteiger partial charge in [0, 0.05) is 25.0 Å². The fraction of sp³-hybridized carbons (Fsp3) is 0.583. The molecule has 0 spiro atoms. The molecular formula is C12H19N3O2S. The van der Waals surface area contributed by atoms with Crippen molar-refractivity contribution in [1.29, 1.82) is 0 Å². The van der Waals surface area contributed by atoms with E-state index in [1.54, 1.807) is 12.4 Å². The van der Waals surface area contributed by atoms with Crippen LogP contribution in [0, 0.1) is 5.92 Å². The molecule has 6 heteroatoms. The predicted octanol–water partition coefficient (Wildman–Crippen LogP) is 0.151. The van der Waals surface area contributed by atoms with Crippen LogP contribution in [0.2, 0.25) is 0 Å². The van der Waals surface area contributed by atoms with Gasteiger partial charge >= 0.3 is 0 Å². The lowest BCUT2D eigenvalue weighted by molar-refractivity contribution is 0.502. The van der Waals surface area contributed by atoms with Crippen molar-refractivity contribution in [2.45, 2.75) is 19.4 Å². The molecule has 2 N–H and O–H groups in total. The van der Waals surface area contributed by atoms with Gasteiger partial charge in [-0.25, -0.2) is 13.1 Å². The second-order valence-corrected chi connectivity index (χ2v) is 6.66. The summed E-state index contributed by atoms with van der Waals surface area (Å²) >= 11 is 0. The summed E-state index contributed by atoms with van der Waals surface area (Å²) in [5.41, 5.74) is 0.993. The molecule has 1 saturated heterocycles. The van der Waals surface area contributed by atoms with Gasteiger partial charge in [0.15, 0.2) is 0 Å². The highest BCUT2D eigenvalue weighted by molar-refractivity contribution is 7.89. The molecule has 0 aliphatic carbocycles. The minimum atomic E-state index is -3.21. The first-order chi connectivity index (χ1) is 8.57. The molecule has 0 radical (unpaired) electrons. The van der Waals surface area contributed by atoms with E-state index in [1.165, 1.54) is 0 Å². The van der Waals surface area contributed by atoms with Gasteiger partial charge in [0.25, 0.3) is 0 Å². The highest BCUT2D eigenvalue weighted by Crippen LogP contribution is 2.09. The lowest BCUT2D eigenvalue weighted by Crippen LogP contribution is -2.41. The molecule has 1 aliphatic heterocycles. The largest absolute Gasteiger partial charge is 0.315 e. The number of pyridine rings is 1. The van der Waals surface area contributed by atoms with E-state index < -0.39 is 10.0 Å². The molecule has 5 nitrogen and oxygen atoms in total. The molecule has 100 valence electrons. The third-order valence-electron chi connectivity index (χ3n) is 3.26. The minimum absolute atomic E-state index is 0.0208. The van der Waals surface area contributed by atoms with Crippen LogP contribution in [0.15, 0.2) is 24.5 Å². The molecule has 2 heterocycles. The van der Waals surface area contributed by atoms with Crippen LogP contribution in [0.4, 0.5) is 0 Å². The van der Waals surface area contributed by atoms with Gasteiger partial charge in [-0.2, -0.15) is 0 Å². The number of nitrogens with zero attached hydrogens (tertiary/aromatic N) is 1. The lowest BCUT2D eigenvalue weighted by atomic mass is 10.1. The average molecular weight is 269 g/mol. The van der Waals surface area contributed by atoms with Crippen molar-refractivity contribution in [2.24, 2.45) is 5.92 Å². The van der Waals surface area contributed by atoms with Crippen molar-refractivity contribution in [3.05, 3.63) is 30.1 Å². The molecule has 1 fully saturated rings. The summed E-state index contributed by atoms with van der Waals surface area (Å²) in [5, 5.41) is 3.18. The van der Waals surface area contributed by atoms with E-state index in [0.717, 1.165) is 18.7 Å². The van der Waals surface area contributed by atoms with E-state index in [4.69, 9.17) is 0 Å². The van der Waals surface area contributed by atoms with Gasteiger partial charge in [0.2, 0.25) is 10.0 Å². The van der Waals surface area contributed by atoms with Gasteiger partial charge in [-0.3, -0.25) is 4.98 Å². The van der Waals surface area contributed by atoms with E-state index in [1.807, 2.05) is 12.1 Å². The second-order valence-electron chi connectivity index (χ2n) is 4.78. The average Bonchev–Trinajstić information content (AvgIpc) is 2.73. The fourth-order valence-electron chi connectivity index (χ4n) is 2.06. The Morgan fingerprint density at radius 1 is 1.39 bits per heavy atom. The van der Waals surface area contributed by atoms with E-state index in [0.29, 0.717) is 12.3 Å². The molecule has 2 atom stereocenters. The standard InChI is InChI=1S/C12H19N3O2S/c1-10-8-14-9-12(10)15-18(16,17)7-4-11-2-5-13-6-3-11/h2-3,5-6,10,12,14-15H,4,7-9H2,1H3. The summed E-state index contributed by atoms with van der Waals surface area (Å²) in [6, 6.07) is 3.71. The Balaban J connectivity index is 1.88. The third-order valence-corrected chi connectivity index (χ3v) is 4.66. The monoisotopic (exact) mass is 269 g/mol. The van der Waals surface area contributed by atoms with Gasteiger partial charge < -0.3 is 5.32 Å². The number of sulfonamides is 1. The SMILES string of the molecule is CC1CNCC1NS(=O)(=O)CCc1ccncc1. The highest BCUT2D eigenvalue weighted by atomic mass is 32.2. The van der Waals surface area contributed by atoms with Crippen LogP contribution in [-0.2, 0) is 16.4 Å². The Morgan fingerprint density at radius 2 is 2.11 bits per heavy atom. The maximum absolute atomic E-state index is 12.0. The van der Waals surface area contributed by atoms with Gasteiger partial charge in [-0.15, -0.1) is 0 Å². The van der Waals surface area contributed by atoms with Crippen LogP contribution >= 0.6 is 0 Å². The molecule has 18 heavy (non-hydrogen) atoms. The summed E-state index contributed by atoms with van der Waals surface area (Å²) < 4.78 is 26.7. The van der Waals surface area contributed by atoms with E-state index in [2.05, 4.69) is 21.9 Å². The molecule has 0 bridgehead atoms. The smallest absolute Gasteiger partial charge is 0.212 e. The van der Waals surface area contributed by atoms with Gasteiger partial charge in [-0.1, -0.05) is 6.92 Å². The summed E-state index contributed by atoms with van der Waals surface area (Å²) in [4.78, 5) is 3.91. The molecule has 1 aromatic heterocycles. The highest BCUT2D eigenvalue weighted by Gasteiger charge is 2.26. The zero-order chi connectivity index (χ0) is 13.0. The van der Waals surface area contributed by atoms with Gasteiger partial charge in [0.05, 0.1) is 5.75 Å². The summed E-state index contributed by atoms with van der Waals surface area (Å²) in [6.45, 7) is 3.64. The predicted molar refractivity (Wildman–Crippen MR) is 70.7 cm³/mol. The van der Waals surface area contributed by atoms with Crippen LogP contribution in [0.25, 0.3) is 0 Å². The van der Waals surface area contributed by atoms with E-state index in [9.17, 15) is 8.42 Å². The Hall–Kier alpha value is -0.980. The molecule has 1 aromatic rings. The molecule has 0 amide bonds. The van der Waals surface area contributed by atoms with Crippen LogP contribution in [-0.4, -0.2) is 38.3 Å². The van der Waals surface area contributed by atoms with Crippen molar-refractivity contribution in [3.8, 4) is 0 Å². The van der Waals surface area contributed by atoms with Crippen molar-refractivity contribution < 1.29 is 8.42 Å². The normalized spacial score (nSPS) is 24.3. The molecule has 1 aliphatic rings. The quantitative estimate of drug-likeness (QED) is 0.798. The molecule has 0 aromatic carbocycles. The zero-order valence-electron chi connectivity index (χ0n) is 10.5. The first-order valence-electron chi connectivity index (χ1n) is 6.16. The fourth-order valence-corrected chi connectivity index (χ4v) is 3.46. The number of nitrogens with one attached hydrogen (secondary N) is 2. The second kappa shape index (κ2) is 5.77. The number of aryl methyl sites for hydroxylation is 1. The Kier molecular flexibility index (Phi) is 4.31. The van der Waals surface area contributed by atoms with Crippen molar-refractivity contribution >= 4 is 10.0 Å². The van der Waals surface area contributed by atoms with Gasteiger partial charge in [-0.05, 0) is 36.6 Å². The lowest BCUT2D eigenvalue weighted by Gasteiger charge is -2.16. The van der Waals surface area contributed by atoms with Crippen LogP contribution < -0.4 is 10.0 Å². The van der Waals surface area contributed by atoms with E-state index in [-0.39, 0.29) is 11.8 Å². The Bertz CT molecular complexity index is 475. The van der Waals surface area contributed by atoms with Crippen LogP contribution in [0.1, 0.15) is 12.5 Å². The zero-order valence-corrected chi connectivity index (χ0v) is 11.3. The summed E-state index contributed by atoms with van der Waals surface area (Å²) in [6.07, 6.45) is 3.88.